The summed E-state index contributed by atoms with van der Waals surface area (Å²) in [6.07, 6.45) is 2.27. The normalized spacial score (nSPS) is 10.1. The van der Waals surface area contributed by atoms with E-state index in [-0.39, 0.29) is 24.7 Å². The molecule has 0 fully saturated rings. The number of carbonyl (C=O) groups is 2. The molecular formula is C14H14N4O5. The molecule has 9 nitrogen and oxygen atoms in total. The number of esters is 1. The number of aromatic nitrogens is 2. The molecule has 0 atom stereocenters. The molecule has 0 unspecified atom stereocenters. The van der Waals surface area contributed by atoms with E-state index in [1.807, 2.05) is 0 Å². The summed E-state index contributed by atoms with van der Waals surface area (Å²) in [7, 11) is 1.30. The number of methoxy groups -OCH3 is 1. The van der Waals surface area contributed by atoms with Crippen LogP contribution in [0, 0.1) is 10.1 Å². The maximum Gasteiger partial charge on any atom is 0.337 e. The molecule has 1 heterocycles. The molecule has 0 aliphatic rings. The Bertz CT molecular complexity index is 723. The van der Waals surface area contributed by atoms with E-state index in [1.165, 1.54) is 18.0 Å². The van der Waals surface area contributed by atoms with Crippen molar-refractivity contribution in [3.63, 3.8) is 0 Å². The lowest BCUT2D eigenvalue weighted by atomic mass is 10.1. The Morgan fingerprint density at radius 2 is 2.04 bits per heavy atom. The lowest BCUT2D eigenvalue weighted by Crippen LogP contribution is -2.27. The SMILES string of the molecule is COC(=O)c1ccc(CNC(=O)Cn2cc([N+](=O)[O-])cn2)cc1. The van der Waals surface area contributed by atoms with Crippen LogP contribution < -0.4 is 5.32 Å². The zero-order chi connectivity index (χ0) is 16.8. The van der Waals surface area contributed by atoms with Gasteiger partial charge in [-0.05, 0) is 17.7 Å². The van der Waals surface area contributed by atoms with Gasteiger partial charge in [-0.2, -0.15) is 5.10 Å². The van der Waals surface area contributed by atoms with E-state index in [9.17, 15) is 19.7 Å². The minimum Gasteiger partial charge on any atom is -0.465 e. The molecule has 120 valence electrons. The third kappa shape index (κ3) is 4.37. The average Bonchev–Trinajstić information content (AvgIpc) is 3.01. The first kappa shape index (κ1) is 16.1. The highest BCUT2D eigenvalue weighted by Gasteiger charge is 2.11. The summed E-state index contributed by atoms with van der Waals surface area (Å²) in [4.78, 5) is 33.0. The summed E-state index contributed by atoms with van der Waals surface area (Å²) in [6.45, 7) is 0.151. The number of nitrogens with zero attached hydrogens (tertiary/aromatic N) is 3. The van der Waals surface area contributed by atoms with E-state index in [2.05, 4.69) is 15.2 Å². The Morgan fingerprint density at radius 1 is 1.35 bits per heavy atom. The first-order valence-electron chi connectivity index (χ1n) is 6.60. The number of carbonyl (C=O) groups excluding carboxylic acids is 2. The van der Waals surface area contributed by atoms with E-state index in [0.717, 1.165) is 11.8 Å². The third-order valence-corrected chi connectivity index (χ3v) is 3.00. The maximum absolute atomic E-state index is 11.8. The number of amides is 1. The second kappa shape index (κ2) is 7.16. The fourth-order valence-corrected chi connectivity index (χ4v) is 1.81. The van der Waals surface area contributed by atoms with Crippen molar-refractivity contribution >= 4 is 17.6 Å². The van der Waals surface area contributed by atoms with Gasteiger partial charge in [0, 0.05) is 6.54 Å². The highest BCUT2D eigenvalue weighted by molar-refractivity contribution is 5.89. The minimum atomic E-state index is -0.579. The molecule has 0 saturated heterocycles. The van der Waals surface area contributed by atoms with Gasteiger partial charge in [-0.15, -0.1) is 0 Å². The van der Waals surface area contributed by atoms with Crippen molar-refractivity contribution in [3.8, 4) is 0 Å². The molecule has 23 heavy (non-hydrogen) atoms. The second-order valence-electron chi connectivity index (χ2n) is 4.62. The van der Waals surface area contributed by atoms with Gasteiger partial charge in [-0.1, -0.05) is 12.1 Å². The summed E-state index contributed by atoms with van der Waals surface area (Å²) in [5, 5.41) is 16.9. The van der Waals surface area contributed by atoms with Gasteiger partial charge < -0.3 is 10.1 Å². The van der Waals surface area contributed by atoms with E-state index >= 15 is 0 Å². The molecule has 0 saturated carbocycles. The Balaban J connectivity index is 1.86. The highest BCUT2D eigenvalue weighted by atomic mass is 16.6. The second-order valence-corrected chi connectivity index (χ2v) is 4.62. The predicted molar refractivity (Wildman–Crippen MR) is 78.5 cm³/mol. The molecule has 2 rings (SSSR count). The molecule has 0 spiro atoms. The lowest BCUT2D eigenvalue weighted by molar-refractivity contribution is -0.385. The van der Waals surface area contributed by atoms with Crippen molar-refractivity contribution < 1.29 is 19.2 Å². The van der Waals surface area contributed by atoms with Crippen LogP contribution in [0.15, 0.2) is 36.7 Å². The average molecular weight is 318 g/mol. The molecule has 1 aromatic heterocycles. The number of ether oxygens (including phenoxy) is 1. The van der Waals surface area contributed by atoms with Gasteiger partial charge in [0.15, 0.2) is 0 Å². The van der Waals surface area contributed by atoms with Crippen molar-refractivity contribution in [1.82, 2.24) is 15.1 Å². The number of nitrogens with one attached hydrogen (secondary N) is 1. The standard InChI is InChI=1S/C14H14N4O5/c1-23-14(20)11-4-2-10(3-5-11)6-15-13(19)9-17-8-12(7-16-17)18(21)22/h2-5,7-8H,6,9H2,1H3,(H,15,19). The summed E-state index contributed by atoms with van der Waals surface area (Å²) >= 11 is 0. The molecule has 1 aromatic carbocycles. The predicted octanol–water partition coefficient (Wildman–Crippen LogP) is 0.894. The van der Waals surface area contributed by atoms with Crippen molar-refractivity contribution in [3.05, 3.63) is 57.9 Å². The van der Waals surface area contributed by atoms with Crippen LogP contribution in [0.5, 0.6) is 0 Å². The Hall–Kier alpha value is -3.23. The first-order valence-corrected chi connectivity index (χ1v) is 6.60. The number of hydrogen-bond acceptors (Lipinski definition) is 6. The van der Waals surface area contributed by atoms with Gasteiger partial charge in [0.05, 0.1) is 17.6 Å². The van der Waals surface area contributed by atoms with E-state index in [4.69, 9.17) is 0 Å². The van der Waals surface area contributed by atoms with Gasteiger partial charge in [-0.25, -0.2) is 4.79 Å². The largest absolute Gasteiger partial charge is 0.465 e. The summed E-state index contributed by atoms with van der Waals surface area (Å²) in [5.74, 6) is -0.763. The van der Waals surface area contributed by atoms with E-state index in [1.54, 1.807) is 24.3 Å². The van der Waals surface area contributed by atoms with Gasteiger partial charge in [0.1, 0.15) is 18.9 Å². The van der Waals surface area contributed by atoms with Crippen LogP contribution in [0.4, 0.5) is 5.69 Å². The monoisotopic (exact) mass is 318 g/mol. The van der Waals surface area contributed by atoms with Crippen molar-refractivity contribution in [1.29, 1.82) is 0 Å². The van der Waals surface area contributed by atoms with Gasteiger partial charge >= 0.3 is 11.7 Å². The number of rotatable bonds is 6. The zero-order valence-electron chi connectivity index (χ0n) is 12.3. The fraction of sp³-hybridized carbons (Fsp3) is 0.214. The molecule has 0 aliphatic carbocycles. The minimum absolute atomic E-state index is 0.117. The Kier molecular flexibility index (Phi) is 5.03. The van der Waals surface area contributed by atoms with Crippen LogP contribution in [-0.2, 0) is 22.6 Å². The van der Waals surface area contributed by atoms with Crippen LogP contribution in [0.25, 0.3) is 0 Å². The topological polar surface area (TPSA) is 116 Å². The highest BCUT2D eigenvalue weighted by Crippen LogP contribution is 2.08. The van der Waals surface area contributed by atoms with E-state index in [0.29, 0.717) is 5.56 Å². The Labute approximate surface area is 131 Å². The lowest BCUT2D eigenvalue weighted by Gasteiger charge is -2.06. The first-order chi connectivity index (χ1) is 11.0. The smallest absolute Gasteiger partial charge is 0.337 e. The van der Waals surface area contributed by atoms with Crippen LogP contribution in [0.1, 0.15) is 15.9 Å². The van der Waals surface area contributed by atoms with Gasteiger partial charge in [0.25, 0.3) is 0 Å². The van der Waals surface area contributed by atoms with Crippen molar-refractivity contribution in [2.24, 2.45) is 0 Å². The number of hydrogen-bond donors (Lipinski definition) is 1. The summed E-state index contributed by atoms with van der Waals surface area (Å²) < 4.78 is 5.78. The van der Waals surface area contributed by atoms with Gasteiger partial charge in [0.2, 0.25) is 5.91 Å². The maximum atomic E-state index is 11.8. The number of benzene rings is 1. The van der Waals surface area contributed by atoms with E-state index < -0.39 is 10.9 Å². The number of nitro groups is 1. The molecule has 0 aliphatic heterocycles. The molecule has 0 radical (unpaired) electrons. The van der Waals surface area contributed by atoms with Crippen LogP contribution in [0.3, 0.4) is 0 Å². The Morgan fingerprint density at radius 3 is 2.61 bits per heavy atom. The van der Waals surface area contributed by atoms with Gasteiger partial charge in [-0.3, -0.25) is 19.6 Å². The molecule has 0 bridgehead atoms. The molecule has 9 heteroatoms. The molecule has 2 aromatic rings. The van der Waals surface area contributed by atoms with Crippen molar-refractivity contribution in [2.75, 3.05) is 7.11 Å². The van der Waals surface area contributed by atoms with Crippen LogP contribution >= 0.6 is 0 Å². The zero-order valence-corrected chi connectivity index (χ0v) is 12.3. The fourth-order valence-electron chi connectivity index (χ4n) is 1.81. The van der Waals surface area contributed by atoms with Crippen LogP contribution in [0.2, 0.25) is 0 Å². The van der Waals surface area contributed by atoms with Crippen LogP contribution in [-0.4, -0.2) is 33.7 Å². The quantitative estimate of drug-likeness (QED) is 0.480. The molecule has 1 N–H and O–H groups in total. The summed E-state index contributed by atoms with van der Waals surface area (Å²) in [5.41, 5.74) is 1.06. The van der Waals surface area contributed by atoms with Crippen molar-refractivity contribution in [2.45, 2.75) is 13.1 Å². The summed E-state index contributed by atoms with van der Waals surface area (Å²) in [6, 6.07) is 6.60. The molecule has 1 amide bonds. The third-order valence-electron chi connectivity index (χ3n) is 3.00. The molecular weight excluding hydrogens is 304 g/mol.